The minimum atomic E-state index is -0.168. The maximum Gasteiger partial charge on any atom is 0.309 e. The molecule has 1 aromatic rings. The van der Waals surface area contributed by atoms with Crippen molar-refractivity contribution >= 4 is 5.97 Å². The Morgan fingerprint density at radius 1 is 1.61 bits per heavy atom. The van der Waals surface area contributed by atoms with Gasteiger partial charge < -0.3 is 14.6 Å². The molecule has 1 N–H and O–H groups in total. The maximum atomic E-state index is 11.8. The van der Waals surface area contributed by atoms with E-state index in [2.05, 4.69) is 0 Å². The third kappa shape index (κ3) is 1.55. The molecule has 96 valence electrons. The number of fused-ring (bicyclic) bond motifs is 2. The van der Waals surface area contributed by atoms with Gasteiger partial charge >= 0.3 is 5.97 Å². The number of rotatable bonds is 2. The zero-order valence-electron chi connectivity index (χ0n) is 10.3. The van der Waals surface area contributed by atoms with Gasteiger partial charge in [0, 0.05) is 11.0 Å². The molecule has 2 atom stereocenters. The van der Waals surface area contributed by atoms with Crippen molar-refractivity contribution < 1.29 is 19.4 Å². The Kier molecular flexibility index (Phi) is 2.47. The van der Waals surface area contributed by atoms with Gasteiger partial charge in [-0.15, -0.1) is 0 Å². The molecule has 1 aliphatic carbocycles. The Hall–Kier alpha value is -1.71. The lowest BCUT2D eigenvalue weighted by Crippen LogP contribution is -2.24. The van der Waals surface area contributed by atoms with E-state index >= 15 is 0 Å². The quantitative estimate of drug-likeness (QED) is 0.813. The summed E-state index contributed by atoms with van der Waals surface area (Å²) in [6.45, 7) is 2.85. The van der Waals surface area contributed by atoms with Crippen molar-refractivity contribution in [3.63, 3.8) is 0 Å². The number of phenolic OH excluding ortho intramolecular Hbond substituents is 1. The van der Waals surface area contributed by atoms with Crippen LogP contribution in [0.5, 0.6) is 11.5 Å². The molecule has 0 aromatic heterocycles. The number of ether oxygens (including phenoxy) is 2. The summed E-state index contributed by atoms with van der Waals surface area (Å²) in [7, 11) is 0. The van der Waals surface area contributed by atoms with Gasteiger partial charge in [-0.2, -0.15) is 0 Å². The second-order valence-electron chi connectivity index (χ2n) is 4.94. The van der Waals surface area contributed by atoms with Crippen molar-refractivity contribution in [1.29, 1.82) is 0 Å². The predicted octanol–water partition coefficient (Wildman–Crippen LogP) is 2.00. The molecule has 4 heteroatoms. The van der Waals surface area contributed by atoms with Crippen molar-refractivity contribution in [2.24, 2.45) is 5.92 Å². The van der Waals surface area contributed by atoms with Crippen LogP contribution in [0.15, 0.2) is 18.2 Å². The first kappa shape index (κ1) is 11.4. The summed E-state index contributed by atoms with van der Waals surface area (Å²) in [6.07, 6.45) is 1.61. The number of carbonyl (C=O) groups excluding carboxylic acids is 1. The molecule has 0 saturated heterocycles. The van der Waals surface area contributed by atoms with Crippen molar-refractivity contribution in [2.45, 2.75) is 25.2 Å². The molecule has 1 spiro atoms. The predicted molar refractivity (Wildman–Crippen MR) is 64.6 cm³/mol. The first-order valence-corrected chi connectivity index (χ1v) is 6.30. The number of aromatic hydroxyl groups is 1. The number of benzene rings is 1. The van der Waals surface area contributed by atoms with E-state index in [0.29, 0.717) is 13.2 Å². The van der Waals surface area contributed by atoms with E-state index in [0.717, 1.165) is 24.2 Å². The average molecular weight is 248 g/mol. The summed E-state index contributed by atoms with van der Waals surface area (Å²) in [5.41, 5.74) is 0.783. The lowest BCUT2D eigenvalue weighted by atomic mass is 9.87. The molecule has 4 nitrogen and oxygen atoms in total. The molecule has 0 bridgehead atoms. The molecular weight excluding hydrogens is 232 g/mol. The summed E-state index contributed by atoms with van der Waals surface area (Å²) in [6, 6.07) is 5.10. The summed E-state index contributed by atoms with van der Waals surface area (Å²) in [5, 5.41) is 9.60. The Balaban J connectivity index is 1.93. The molecule has 3 rings (SSSR count). The van der Waals surface area contributed by atoms with Gasteiger partial charge in [-0.3, -0.25) is 4.79 Å². The zero-order chi connectivity index (χ0) is 12.8. The molecule has 1 saturated carbocycles. The fourth-order valence-corrected chi connectivity index (χ4v) is 2.94. The van der Waals surface area contributed by atoms with Gasteiger partial charge in [0.25, 0.3) is 0 Å². The second-order valence-corrected chi connectivity index (χ2v) is 4.94. The first-order valence-electron chi connectivity index (χ1n) is 6.30. The SMILES string of the molecule is CCOC(=O)C1CC12CCOc1ccc(O)cc12. The minimum Gasteiger partial charge on any atom is -0.508 e. The Morgan fingerprint density at radius 2 is 2.44 bits per heavy atom. The van der Waals surface area contributed by atoms with E-state index in [-0.39, 0.29) is 23.1 Å². The molecule has 18 heavy (non-hydrogen) atoms. The summed E-state index contributed by atoms with van der Waals surface area (Å²) >= 11 is 0. The van der Waals surface area contributed by atoms with Crippen molar-refractivity contribution in [3.8, 4) is 11.5 Å². The van der Waals surface area contributed by atoms with Gasteiger partial charge in [0.1, 0.15) is 11.5 Å². The number of hydrogen-bond acceptors (Lipinski definition) is 4. The Labute approximate surface area is 106 Å². The van der Waals surface area contributed by atoms with E-state index in [1.165, 1.54) is 0 Å². The van der Waals surface area contributed by atoms with Crippen molar-refractivity contribution in [3.05, 3.63) is 23.8 Å². The van der Waals surface area contributed by atoms with Crippen LogP contribution in [0.4, 0.5) is 0 Å². The van der Waals surface area contributed by atoms with Crippen molar-refractivity contribution in [1.82, 2.24) is 0 Å². The Bertz CT molecular complexity index is 497. The monoisotopic (exact) mass is 248 g/mol. The van der Waals surface area contributed by atoms with Gasteiger partial charge in [-0.05, 0) is 38.0 Å². The van der Waals surface area contributed by atoms with Gasteiger partial charge in [0.05, 0.1) is 19.1 Å². The van der Waals surface area contributed by atoms with Crippen LogP contribution in [0.25, 0.3) is 0 Å². The molecule has 1 heterocycles. The molecule has 0 radical (unpaired) electrons. The van der Waals surface area contributed by atoms with E-state index in [1.807, 2.05) is 6.92 Å². The topological polar surface area (TPSA) is 55.8 Å². The third-order valence-corrected chi connectivity index (χ3v) is 3.95. The number of phenols is 1. The molecule has 1 aromatic carbocycles. The fourth-order valence-electron chi connectivity index (χ4n) is 2.94. The highest BCUT2D eigenvalue weighted by atomic mass is 16.5. The number of esters is 1. The van der Waals surface area contributed by atoms with Gasteiger partial charge in [-0.1, -0.05) is 0 Å². The summed E-state index contributed by atoms with van der Waals surface area (Å²) in [4.78, 5) is 11.8. The van der Waals surface area contributed by atoms with E-state index < -0.39 is 0 Å². The normalized spacial score (nSPS) is 28.4. The highest BCUT2D eigenvalue weighted by Gasteiger charge is 2.62. The largest absolute Gasteiger partial charge is 0.508 e. The van der Waals surface area contributed by atoms with Crippen LogP contribution < -0.4 is 4.74 Å². The van der Waals surface area contributed by atoms with Gasteiger partial charge in [0.2, 0.25) is 0 Å². The summed E-state index contributed by atoms with van der Waals surface area (Å²) in [5.74, 6) is 0.787. The fraction of sp³-hybridized carbons (Fsp3) is 0.500. The highest BCUT2D eigenvalue weighted by molar-refractivity contribution is 5.80. The highest BCUT2D eigenvalue weighted by Crippen LogP contribution is 2.61. The van der Waals surface area contributed by atoms with Crippen LogP contribution in [0.3, 0.4) is 0 Å². The van der Waals surface area contributed by atoms with Gasteiger partial charge in [-0.25, -0.2) is 0 Å². The molecule has 1 fully saturated rings. The van der Waals surface area contributed by atoms with Crippen LogP contribution in [-0.4, -0.2) is 24.3 Å². The lowest BCUT2D eigenvalue weighted by molar-refractivity contribution is -0.145. The number of hydrogen-bond donors (Lipinski definition) is 1. The van der Waals surface area contributed by atoms with Crippen molar-refractivity contribution in [2.75, 3.05) is 13.2 Å². The minimum absolute atomic E-state index is 0.0816. The van der Waals surface area contributed by atoms with Crippen LogP contribution >= 0.6 is 0 Å². The molecular formula is C14H16O4. The van der Waals surface area contributed by atoms with E-state index in [4.69, 9.17) is 9.47 Å². The smallest absolute Gasteiger partial charge is 0.309 e. The van der Waals surface area contributed by atoms with Crippen LogP contribution in [0.2, 0.25) is 0 Å². The van der Waals surface area contributed by atoms with Gasteiger partial charge in [0.15, 0.2) is 0 Å². The van der Waals surface area contributed by atoms with E-state index in [1.54, 1.807) is 18.2 Å². The molecule has 2 aliphatic rings. The Morgan fingerprint density at radius 3 is 3.22 bits per heavy atom. The van der Waals surface area contributed by atoms with Crippen LogP contribution in [0.1, 0.15) is 25.3 Å². The molecule has 2 unspecified atom stereocenters. The standard InChI is InChI=1S/C14H16O4/c1-2-17-13(16)11-8-14(11)5-6-18-12-4-3-9(15)7-10(12)14/h3-4,7,11,15H,2,5-6,8H2,1H3. The maximum absolute atomic E-state index is 11.8. The summed E-state index contributed by atoms with van der Waals surface area (Å²) < 4.78 is 10.7. The zero-order valence-corrected chi connectivity index (χ0v) is 10.3. The van der Waals surface area contributed by atoms with Crippen LogP contribution in [0, 0.1) is 5.92 Å². The van der Waals surface area contributed by atoms with Crippen LogP contribution in [-0.2, 0) is 14.9 Å². The lowest BCUT2D eigenvalue weighted by Gasteiger charge is -2.26. The van der Waals surface area contributed by atoms with E-state index in [9.17, 15) is 9.90 Å². The third-order valence-electron chi connectivity index (χ3n) is 3.95. The average Bonchev–Trinajstić information content (AvgIpc) is 3.06. The molecule has 1 aliphatic heterocycles. The first-order chi connectivity index (χ1) is 8.67. The second kappa shape index (κ2) is 3.90. The number of carbonyl (C=O) groups is 1. The molecule has 0 amide bonds.